The first kappa shape index (κ1) is 18.8. The Labute approximate surface area is 158 Å². The minimum atomic E-state index is -0.0925. The van der Waals surface area contributed by atoms with Crippen LogP contribution in [0.4, 0.5) is 0 Å². The number of hydrogen-bond acceptors (Lipinski definition) is 6. The van der Waals surface area contributed by atoms with Crippen molar-refractivity contribution in [1.29, 1.82) is 0 Å². The highest BCUT2D eigenvalue weighted by Gasteiger charge is 2.16. The maximum atomic E-state index is 11.7. The van der Waals surface area contributed by atoms with E-state index >= 15 is 0 Å². The highest BCUT2D eigenvalue weighted by atomic mass is 16.3. The standard InChI is InChI=1S/C19H24N6O2/c1-14(2)25-18(21-22-23-25)13-24(12-17-5-4-10-27-17)11-15-6-8-16(9-7-15)19(26)20-3/h4-10,14H,11-13H2,1-3H3,(H,20,26). The number of nitrogens with one attached hydrogen (secondary N) is 1. The van der Waals surface area contributed by atoms with E-state index in [9.17, 15) is 4.79 Å². The maximum Gasteiger partial charge on any atom is 0.251 e. The molecule has 0 spiro atoms. The molecule has 3 aromatic rings. The molecule has 0 saturated heterocycles. The lowest BCUT2D eigenvalue weighted by Gasteiger charge is -2.21. The van der Waals surface area contributed by atoms with E-state index in [0.29, 0.717) is 25.2 Å². The molecule has 0 aliphatic rings. The van der Waals surface area contributed by atoms with E-state index < -0.39 is 0 Å². The van der Waals surface area contributed by atoms with Crippen LogP contribution in [0.25, 0.3) is 0 Å². The third-order valence-electron chi connectivity index (χ3n) is 4.22. The van der Waals surface area contributed by atoms with Crippen LogP contribution in [0, 0.1) is 0 Å². The average molecular weight is 368 g/mol. The fourth-order valence-electron chi connectivity index (χ4n) is 2.87. The molecule has 0 aliphatic heterocycles. The van der Waals surface area contributed by atoms with Gasteiger partial charge < -0.3 is 9.73 Å². The average Bonchev–Trinajstić information content (AvgIpc) is 3.33. The van der Waals surface area contributed by atoms with Crippen molar-refractivity contribution in [1.82, 2.24) is 30.4 Å². The summed E-state index contributed by atoms with van der Waals surface area (Å²) in [6.07, 6.45) is 1.67. The van der Waals surface area contributed by atoms with Gasteiger partial charge in [-0.3, -0.25) is 9.69 Å². The van der Waals surface area contributed by atoms with Gasteiger partial charge in [-0.1, -0.05) is 12.1 Å². The van der Waals surface area contributed by atoms with E-state index in [1.165, 1.54) is 0 Å². The number of hydrogen-bond donors (Lipinski definition) is 1. The number of carbonyl (C=O) groups is 1. The van der Waals surface area contributed by atoms with Crippen molar-refractivity contribution in [3.8, 4) is 0 Å². The maximum absolute atomic E-state index is 11.7. The van der Waals surface area contributed by atoms with E-state index in [1.54, 1.807) is 13.3 Å². The number of nitrogens with zero attached hydrogens (tertiary/aromatic N) is 5. The monoisotopic (exact) mass is 368 g/mol. The molecule has 3 rings (SSSR count). The first-order valence-corrected chi connectivity index (χ1v) is 8.89. The van der Waals surface area contributed by atoms with Crippen molar-refractivity contribution in [2.45, 2.75) is 39.5 Å². The summed E-state index contributed by atoms with van der Waals surface area (Å²) in [7, 11) is 1.63. The fourth-order valence-corrected chi connectivity index (χ4v) is 2.87. The van der Waals surface area contributed by atoms with Crippen molar-refractivity contribution in [3.05, 3.63) is 65.4 Å². The van der Waals surface area contributed by atoms with E-state index in [-0.39, 0.29) is 11.9 Å². The van der Waals surface area contributed by atoms with Crippen molar-refractivity contribution in [2.24, 2.45) is 0 Å². The molecule has 2 aromatic heterocycles. The first-order chi connectivity index (χ1) is 13.1. The van der Waals surface area contributed by atoms with Gasteiger partial charge in [0.1, 0.15) is 5.76 Å². The Balaban J connectivity index is 1.77. The van der Waals surface area contributed by atoms with Gasteiger partial charge >= 0.3 is 0 Å². The Kier molecular flexibility index (Phi) is 5.97. The lowest BCUT2D eigenvalue weighted by molar-refractivity contribution is 0.0963. The number of tetrazole rings is 1. The van der Waals surface area contributed by atoms with Crippen molar-refractivity contribution < 1.29 is 9.21 Å². The van der Waals surface area contributed by atoms with Crippen LogP contribution in [0.5, 0.6) is 0 Å². The normalized spacial score (nSPS) is 11.3. The Hall–Kier alpha value is -3.00. The van der Waals surface area contributed by atoms with Gasteiger partial charge in [0.2, 0.25) is 0 Å². The topological polar surface area (TPSA) is 89.1 Å². The second-order valence-corrected chi connectivity index (χ2v) is 6.63. The van der Waals surface area contributed by atoms with Gasteiger partial charge in [-0.25, -0.2) is 4.68 Å². The number of aromatic nitrogens is 4. The highest BCUT2D eigenvalue weighted by molar-refractivity contribution is 5.93. The van der Waals surface area contributed by atoms with Crippen molar-refractivity contribution in [2.75, 3.05) is 7.05 Å². The third-order valence-corrected chi connectivity index (χ3v) is 4.22. The van der Waals surface area contributed by atoms with Gasteiger partial charge in [0.15, 0.2) is 5.82 Å². The molecule has 1 N–H and O–H groups in total. The minimum absolute atomic E-state index is 0.0925. The van der Waals surface area contributed by atoms with E-state index in [4.69, 9.17) is 4.42 Å². The van der Waals surface area contributed by atoms with Crippen LogP contribution in [-0.2, 0) is 19.6 Å². The Morgan fingerprint density at radius 2 is 1.96 bits per heavy atom. The molecular weight excluding hydrogens is 344 g/mol. The first-order valence-electron chi connectivity index (χ1n) is 8.89. The molecule has 0 bridgehead atoms. The van der Waals surface area contributed by atoms with Crippen LogP contribution in [0.1, 0.15) is 47.4 Å². The lowest BCUT2D eigenvalue weighted by atomic mass is 10.1. The molecule has 1 amide bonds. The number of benzene rings is 1. The largest absolute Gasteiger partial charge is 0.468 e. The molecular formula is C19H24N6O2. The second-order valence-electron chi connectivity index (χ2n) is 6.63. The minimum Gasteiger partial charge on any atom is -0.468 e. The van der Waals surface area contributed by atoms with Gasteiger partial charge in [-0.2, -0.15) is 0 Å². The molecule has 0 unspecified atom stereocenters. The Morgan fingerprint density at radius 1 is 1.19 bits per heavy atom. The third kappa shape index (κ3) is 4.79. The van der Waals surface area contributed by atoms with Gasteiger partial charge in [-0.05, 0) is 54.1 Å². The summed E-state index contributed by atoms with van der Waals surface area (Å²) in [5.74, 6) is 1.59. The quantitative estimate of drug-likeness (QED) is 0.657. The van der Waals surface area contributed by atoms with Crippen LogP contribution in [0.3, 0.4) is 0 Å². The number of amides is 1. The molecule has 8 nitrogen and oxygen atoms in total. The fraction of sp³-hybridized carbons (Fsp3) is 0.368. The highest BCUT2D eigenvalue weighted by Crippen LogP contribution is 2.15. The molecule has 1 aromatic carbocycles. The summed E-state index contributed by atoms with van der Waals surface area (Å²) in [6, 6.07) is 11.6. The van der Waals surface area contributed by atoms with Gasteiger partial charge in [-0.15, -0.1) is 5.10 Å². The zero-order chi connectivity index (χ0) is 19.2. The van der Waals surface area contributed by atoms with Crippen LogP contribution >= 0.6 is 0 Å². The predicted octanol–water partition coefficient (Wildman–Crippen LogP) is 2.41. The van der Waals surface area contributed by atoms with Crippen LogP contribution < -0.4 is 5.32 Å². The number of furan rings is 1. The molecule has 0 aliphatic carbocycles. The molecule has 27 heavy (non-hydrogen) atoms. The van der Waals surface area contributed by atoms with E-state index in [0.717, 1.165) is 17.1 Å². The van der Waals surface area contributed by atoms with Crippen LogP contribution in [0.15, 0.2) is 47.1 Å². The van der Waals surface area contributed by atoms with Crippen molar-refractivity contribution >= 4 is 5.91 Å². The molecule has 8 heteroatoms. The zero-order valence-electron chi connectivity index (χ0n) is 15.8. The SMILES string of the molecule is CNC(=O)c1ccc(CN(Cc2ccco2)Cc2nnnn2C(C)C)cc1. The Bertz CT molecular complexity index is 855. The van der Waals surface area contributed by atoms with E-state index in [2.05, 4.69) is 25.7 Å². The van der Waals surface area contributed by atoms with Crippen LogP contribution in [-0.4, -0.2) is 38.1 Å². The predicted molar refractivity (Wildman–Crippen MR) is 99.7 cm³/mol. The summed E-state index contributed by atoms with van der Waals surface area (Å²) in [6.45, 7) is 6.00. The molecule has 0 saturated carbocycles. The van der Waals surface area contributed by atoms with Gasteiger partial charge in [0.25, 0.3) is 5.91 Å². The molecule has 0 radical (unpaired) electrons. The summed E-state index contributed by atoms with van der Waals surface area (Å²) in [4.78, 5) is 13.9. The molecule has 142 valence electrons. The van der Waals surface area contributed by atoms with Gasteiger partial charge in [0.05, 0.1) is 25.4 Å². The lowest BCUT2D eigenvalue weighted by Crippen LogP contribution is -2.25. The van der Waals surface area contributed by atoms with Crippen molar-refractivity contribution in [3.63, 3.8) is 0 Å². The van der Waals surface area contributed by atoms with Gasteiger partial charge in [0, 0.05) is 19.2 Å². The summed E-state index contributed by atoms with van der Waals surface area (Å²) >= 11 is 0. The second kappa shape index (κ2) is 8.59. The summed E-state index contributed by atoms with van der Waals surface area (Å²) in [5.41, 5.74) is 1.74. The molecule has 0 atom stereocenters. The zero-order valence-corrected chi connectivity index (χ0v) is 15.8. The summed E-state index contributed by atoms with van der Waals surface area (Å²) < 4.78 is 7.33. The molecule has 2 heterocycles. The molecule has 0 fully saturated rings. The van der Waals surface area contributed by atoms with Crippen LogP contribution in [0.2, 0.25) is 0 Å². The summed E-state index contributed by atoms with van der Waals surface area (Å²) in [5, 5.41) is 14.7. The smallest absolute Gasteiger partial charge is 0.251 e. The number of rotatable bonds is 8. The van der Waals surface area contributed by atoms with E-state index in [1.807, 2.05) is 54.9 Å². The Morgan fingerprint density at radius 3 is 2.59 bits per heavy atom. The number of carbonyl (C=O) groups excluding carboxylic acids is 1.